The lowest BCUT2D eigenvalue weighted by atomic mass is 9.73. The average Bonchev–Trinajstić information content (AvgIpc) is 3.37. The Kier molecular flexibility index (Phi) is 5.80. The third-order valence-electron chi connectivity index (χ3n) is 8.31. The summed E-state index contributed by atoms with van der Waals surface area (Å²) in [5.74, 6) is 1.65. The van der Waals surface area contributed by atoms with E-state index in [1.165, 1.54) is 19.3 Å². The topological polar surface area (TPSA) is 107 Å². The monoisotopic (exact) mass is 463 g/mol. The van der Waals surface area contributed by atoms with Crippen molar-refractivity contribution in [2.24, 2.45) is 11.8 Å². The Morgan fingerprint density at radius 1 is 0.971 bits per heavy atom. The molecule has 4 fully saturated rings. The number of piperidine rings is 3. The first-order chi connectivity index (χ1) is 16.7. The molecule has 180 valence electrons. The zero-order chi connectivity index (χ0) is 23.1. The standard InChI is InChI=1S/C25H33N7O2/c33-23-18-13-19-21(27-20(18)8-11-31(23)15-16-5-4-10-26-14-16)9-12-32(24(19)34)25-28-22(29-30-25)17-6-2-1-3-7-17/h4-5,10,14,17-21,27H,1-3,6-9,11-13,15H2,(H,28,29,30). The van der Waals surface area contributed by atoms with E-state index in [1.54, 1.807) is 11.1 Å². The van der Waals surface area contributed by atoms with Crippen LogP contribution >= 0.6 is 0 Å². The van der Waals surface area contributed by atoms with Crippen molar-refractivity contribution in [3.05, 3.63) is 35.9 Å². The first-order valence-corrected chi connectivity index (χ1v) is 12.8. The summed E-state index contributed by atoms with van der Waals surface area (Å²) in [5.41, 5.74) is 1.04. The Morgan fingerprint density at radius 2 is 1.76 bits per heavy atom. The fourth-order valence-corrected chi connectivity index (χ4v) is 6.45. The van der Waals surface area contributed by atoms with Crippen LogP contribution in [-0.4, -0.2) is 62.1 Å². The molecule has 2 aromatic heterocycles. The number of rotatable bonds is 4. The minimum Gasteiger partial charge on any atom is -0.338 e. The van der Waals surface area contributed by atoms with Crippen molar-refractivity contribution in [2.75, 3.05) is 18.0 Å². The normalized spacial score (nSPS) is 30.2. The van der Waals surface area contributed by atoms with Gasteiger partial charge in [-0.1, -0.05) is 25.3 Å². The van der Waals surface area contributed by atoms with Crippen molar-refractivity contribution in [3.63, 3.8) is 0 Å². The second-order valence-electron chi connectivity index (χ2n) is 10.4. The highest BCUT2D eigenvalue weighted by atomic mass is 16.2. The number of aromatic nitrogens is 4. The molecule has 0 bridgehead atoms. The molecule has 1 saturated carbocycles. The summed E-state index contributed by atoms with van der Waals surface area (Å²) < 4.78 is 0. The maximum atomic E-state index is 13.6. The average molecular weight is 464 g/mol. The molecule has 5 heterocycles. The van der Waals surface area contributed by atoms with Crippen LogP contribution in [0.1, 0.15) is 68.7 Å². The van der Waals surface area contributed by atoms with E-state index in [-0.39, 0.29) is 35.7 Å². The van der Waals surface area contributed by atoms with E-state index in [1.807, 2.05) is 23.2 Å². The summed E-state index contributed by atoms with van der Waals surface area (Å²) in [5, 5.41) is 11.2. The van der Waals surface area contributed by atoms with Gasteiger partial charge in [0.15, 0.2) is 0 Å². The lowest BCUT2D eigenvalue weighted by Gasteiger charge is -2.49. The first kappa shape index (κ1) is 21.7. The second-order valence-corrected chi connectivity index (χ2v) is 10.4. The highest BCUT2D eigenvalue weighted by Gasteiger charge is 2.49. The molecule has 0 spiro atoms. The molecule has 6 rings (SSSR count). The van der Waals surface area contributed by atoms with E-state index in [2.05, 4.69) is 20.5 Å². The number of H-pyrrole nitrogens is 1. The van der Waals surface area contributed by atoms with E-state index in [9.17, 15) is 9.59 Å². The number of hydrogen-bond acceptors (Lipinski definition) is 6. The van der Waals surface area contributed by atoms with Crippen LogP contribution in [0.5, 0.6) is 0 Å². The van der Waals surface area contributed by atoms with Gasteiger partial charge in [-0.15, -0.1) is 5.10 Å². The van der Waals surface area contributed by atoms with Crippen molar-refractivity contribution in [2.45, 2.75) is 75.9 Å². The van der Waals surface area contributed by atoms with Crippen molar-refractivity contribution < 1.29 is 9.59 Å². The second kappa shape index (κ2) is 9.09. The molecule has 1 aliphatic carbocycles. The molecule has 4 unspecified atom stereocenters. The maximum absolute atomic E-state index is 13.6. The summed E-state index contributed by atoms with van der Waals surface area (Å²) in [4.78, 5) is 39.5. The SMILES string of the molecule is O=C1C2CC3C(=O)N(c4n[nH]c(C5CCCCC5)n4)CCC3NC2CCN1Cc1cccnc1. The zero-order valence-electron chi connectivity index (χ0n) is 19.5. The van der Waals surface area contributed by atoms with Gasteiger partial charge in [0.05, 0.1) is 11.8 Å². The Balaban J connectivity index is 1.15. The third-order valence-corrected chi connectivity index (χ3v) is 8.31. The van der Waals surface area contributed by atoms with Crippen LogP contribution in [0.15, 0.2) is 24.5 Å². The van der Waals surface area contributed by atoms with Crippen LogP contribution in [0.2, 0.25) is 0 Å². The smallest absolute Gasteiger partial charge is 0.251 e. The van der Waals surface area contributed by atoms with Gasteiger partial charge in [-0.25, -0.2) is 0 Å². The first-order valence-electron chi connectivity index (χ1n) is 12.8. The van der Waals surface area contributed by atoms with Gasteiger partial charge in [0.1, 0.15) is 5.82 Å². The number of carbonyl (C=O) groups excluding carboxylic acids is 2. The van der Waals surface area contributed by atoms with Gasteiger partial charge in [0.2, 0.25) is 11.8 Å². The number of anilines is 1. The molecule has 4 aliphatic rings. The molecule has 9 heteroatoms. The number of amides is 2. The molecule has 2 amide bonds. The number of likely N-dealkylation sites (tertiary alicyclic amines) is 1. The van der Waals surface area contributed by atoms with Crippen molar-refractivity contribution in [3.8, 4) is 0 Å². The Morgan fingerprint density at radius 3 is 2.56 bits per heavy atom. The quantitative estimate of drug-likeness (QED) is 0.721. The Labute approximate surface area is 199 Å². The molecule has 34 heavy (non-hydrogen) atoms. The van der Waals surface area contributed by atoms with Gasteiger partial charge < -0.3 is 10.2 Å². The maximum Gasteiger partial charge on any atom is 0.251 e. The molecule has 4 atom stereocenters. The van der Waals surface area contributed by atoms with E-state index in [4.69, 9.17) is 4.98 Å². The lowest BCUT2D eigenvalue weighted by Crippen LogP contribution is -2.65. The molecule has 2 N–H and O–H groups in total. The van der Waals surface area contributed by atoms with E-state index < -0.39 is 0 Å². The lowest BCUT2D eigenvalue weighted by molar-refractivity contribution is -0.144. The van der Waals surface area contributed by atoms with Gasteiger partial charge in [-0.3, -0.25) is 24.6 Å². The predicted molar refractivity (Wildman–Crippen MR) is 126 cm³/mol. The number of aromatic amines is 1. The minimum atomic E-state index is -0.214. The summed E-state index contributed by atoms with van der Waals surface area (Å²) in [6.45, 7) is 1.93. The van der Waals surface area contributed by atoms with E-state index in [0.717, 1.165) is 43.6 Å². The Hall–Kier alpha value is -2.81. The minimum absolute atomic E-state index is 0.0496. The molecule has 0 radical (unpaired) electrons. The van der Waals surface area contributed by atoms with E-state index in [0.29, 0.717) is 31.4 Å². The summed E-state index contributed by atoms with van der Waals surface area (Å²) in [6.07, 6.45) is 12.0. The van der Waals surface area contributed by atoms with Crippen LogP contribution in [0.3, 0.4) is 0 Å². The van der Waals surface area contributed by atoms with Crippen LogP contribution < -0.4 is 10.2 Å². The number of hydrogen-bond donors (Lipinski definition) is 2. The van der Waals surface area contributed by atoms with Gasteiger partial charge >= 0.3 is 0 Å². The number of nitrogens with zero attached hydrogens (tertiary/aromatic N) is 5. The van der Waals surface area contributed by atoms with Crippen LogP contribution in [-0.2, 0) is 16.1 Å². The van der Waals surface area contributed by atoms with Crippen LogP contribution in [0.25, 0.3) is 0 Å². The van der Waals surface area contributed by atoms with Crippen LogP contribution in [0, 0.1) is 11.8 Å². The van der Waals surface area contributed by atoms with Gasteiger partial charge in [0, 0.05) is 50.0 Å². The molecule has 9 nitrogen and oxygen atoms in total. The molecule has 3 aliphatic heterocycles. The molecular formula is C25H33N7O2. The highest BCUT2D eigenvalue weighted by Crippen LogP contribution is 2.37. The van der Waals surface area contributed by atoms with Crippen molar-refractivity contribution in [1.29, 1.82) is 0 Å². The zero-order valence-corrected chi connectivity index (χ0v) is 19.5. The Bertz CT molecular complexity index is 1030. The molecule has 0 aromatic carbocycles. The van der Waals surface area contributed by atoms with E-state index >= 15 is 0 Å². The number of fused-ring (bicyclic) bond motifs is 2. The number of pyridine rings is 1. The van der Waals surface area contributed by atoms with Crippen molar-refractivity contribution >= 4 is 17.8 Å². The fraction of sp³-hybridized carbons (Fsp3) is 0.640. The molecule has 3 saturated heterocycles. The number of carbonyl (C=O) groups is 2. The largest absolute Gasteiger partial charge is 0.338 e. The number of nitrogens with one attached hydrogen (secondary N) is 2. The summed E-state index contributed by atoms with van der Waals surface area (Å²) >= 11 is 0. The summed E-state index contributed by atoms with van der Waals surface area (Å²) in [7, 11) is 0. The fourth-order valence-electron chi connectivity index (χ4n) is 6.45. The van der Waals surface area contributed by atoms with Gasteiger partial charge in [-0.2, -0.15) is 4.98 Å². The van der Waals surface area contributed by atoms with Crippen LogP contribution in [0.4, 0.5) is 5.95 Å². The molecular weight excluding hydrogens is 430 g/mol. The highest BCUT2D eigenvalue weighted by molar-refractivity contribution is 5.95. The summed E-state index contributed by atoms with van der Waals surface area (Å²) in [6, 6.07) is 4.18. The van der Waals surface area contributed by atoms with Gasteiger partial charge in [-0.05, 0) is 43.7 Å². The van der Waals surface area contributed by atoms with Gasteiger partial charge in [0.25, 0.3) is 5.95 Å². The molecule has 2 aromatic rings. The third kappa shape index (κ3) is 4.00. The van der Waals surface area contributed by atoms with Crippen molar-refractivity contribution in [1.82, 2.24) is 30.4 Å². The predicted octanol–water partition coefficient (Wildman–Crippen LogP) is 2.38.